The summed E-state index contributed by atoms with van der Waals surface area (Å²) in [6, 6.07) is 6.25. The fraction of sp³-hybridized carbons (Fsp3) is 0.625. The first kappa shape index (κ1) is 12.8. The van der Waals surface area contributed by atoms with Crippen molar-refractivity contribution < 1.29 is 14.6 Å². The molecule has 1 N–H and O–H groups in total. The monoisotopic (exact) mass is 262 g/mol. The number of aliphatic hydroxyl groups is 1. The lowest BCUT2D eigenvalue weighted by Crippen LogP contribution is -2.17. The number of fused-ring (bicyclic) bond motifs is 1. The molecule has 3 rings (SSSR count). The van der Waals surface area contributed by atoms with Gasteiger partial charge in [0.2, 0.25) is 6.79 Å². The molecule has 1 saturated carbocycles. The average Bonchev–Trinajstić information content (AvgIpc) is 2.93. The Kier molecular flexibility index (Phi) is 3.92. The van der Waals surface area contributed by atoms with E-state index in [9.17, 15) is 5.11 Å². The van der Waals surface area contributed by atoms with E-state index in [4.69, 9.17) is 9.47 Å². The summed E-state index contributed by atoms with van der Waals surface area (Å²) < 4.78 is 10.8. The van der Waals surface area contributed by atoms with Gasteiger partial charge in [0.25, 0.3) is 0 Å². The zero-order chi connectivity index (χ0) is 13.1. The Morgan fingerprint density at radius 2 is 1.89 bits per heavy atom. The van der Waals surface area contributed by atoms with E-state index in [2.05, 4.69) is 12.1 Å². The van der Waals surface area contributed by atoms with E-state index in [0.717, 1.165) is 17.9 Å². The van der Waals surface area contributed by atoms with E-state index in [1.165, 1.54) is 37.7 Å². The molecule has 1 aliphatic carbocycles. The van der Waals surface area contributed by atoms with E-state index in [-0.39, 0.29) is 6.61 Å². The van der Waals surface area contributed by atoms with Gasteiger partial charge in [0, 0.05) is 6.61 Å². The minimum atomic E-state index is 0.260. The third-order valence-corrected chi connectivity index (χ3v) is 4.48. The minimum Gasteiger partial charge on any atom is -0.454 e. The Morgan fingerprint density at radius 1 is 1.11 bits per heavy atom. The number of rotatable bonds is 4. The lowest BCUT2D eigenvalue weighted by atomic mass is 9.75. The van der Waals surface area contributed by atoms with Gasteiger partial charge in [0.15, 0.2) is 11.5 Å². The van der Waals surface area contributed by atoms with Crippen LogP contribution >= 0.6 is 0 Å². The Morgan fingerprint density at radius 3 is 2.68 bits per heavy atom. The molecule has 0 amide bonds. The third kappa shape index (κ3) is 2.71. The summed E-state index contributed by atoms with van der Waals surface area (Å²) in [6.45, 7) is 0.586. The molecular weight excluding hydrogens is 240 g/mol. The second-order valence-corrected chi connectivity index (χ2v) is 5.63. The van der Waals surface area contributed by atoms with Gasteiger partial charge < -0.3 is 14.6 Å². The molecule has 1 fully saturated rings. The first-order valence-corrected chi connectivity index (χ1v) is 7.39. The van der Waals surface area contributed by atoms with Crippen LogP contribution in [0.1, 0.15) is 50.0 Å². The van der Waals surface area contributed by atoms with Crippen LogP contribution in [0.15, 0.2) is 18.2 Å². The van der Waals surface area contributed by atoms with Gasteiger partial charge in [-0.05, 0) is 48.8 Å². The summed E-state index contributed by atoms with van der Waals surface area (Å²) in [7, 11) is 0. The second kappa shape index (κ2) is 5.83. The first-order chi connectivity index (χ1) is 9.38. The van der Waals surface area contributed by atoms with Crippen LogP contribution in [0.2, 0.25) is 0 Å². The van der Waals surface area contributed by atoms with Crippen LogP contribution in [0.5, 0.6) is 11.5 Å². The van der Waals surface area contributed by atoms with E-state index in [1.807, 2.05) is 6.07 Å². The van der Waals surface area contributed by atoms with Crippen molar-refractivity contribution in [3.63, 3.8) is 0 Å². The predicted octanol–water partition coefficient (Wildman–Crippen LogP) is 3.46. The standard InChI is InChI=1S/C16H22O3/c17-9-8-14(12-4-2-1-3-5-12)13-6-7-15-16(10-13)19-11-18-15/h6-7,10,12,14,17H,1-5,8-9,11H2/t14-/m1/s1. The fourth-order valence-electron chi connectivity index (χ4n) is 3.49. The number of ether oxygens (including phenoxy) is 2. The lowest BCUT2D eigenvalue weighted by Gasteiger charge is -2.30. The Bertz CT molecular complexity index is 424. The zero-order valence-corrected chi connectivity index (χ0v) is 11.3. The topological polar surface area (TPSA) is 38.7 Å². The number of hydrogen-bond donors (Lipinski definition) is 1. The Hall–Kier alpha value is -1.22. The molecule has 2 aliphatic rings. The van der Waals surface area contributed by atoms with Crippen molar-refractivity contribution in [3.05, 3.63) is 23.8 Å². The number of benzene rings is 1. The highest BCUT2D eigenvalue weighted by Crippen LogP contribution is 2.41. The normalized spacial score (nSPS) is 20.5. The van der Waals surface area contributed by atoms with Gasteiger partial charge in [-0.3, -0.25) is 0 Å². The van der Waals surface area contributed by atoms with Gasteiger partial charge in [0.1, 0.15) is 0 Å². The van der Waals surface area contributed by atoms with Crippen molar-refractivity contribution in [2.45, 2.75) is 44.4 Å². The summed E-state index contributed by atoms with van der Waals surface area (Å²) in [4.78, 5) is 0. The molecule has 0 unspecified atom stereocenters. The van der Waals surface area contributed by atoms with Crippen LogP contribution in [0.3, 0.4) is 0 Å². The molecule has 3 nitrogen and oxygen atoms in total. The van der Waals surface area contributed by atoms with E-state index in [0.29, 0.717) is 18.6 Å². The van der Waals surface area contributed by atoms with Crippen molar-refractivity contribution in [1.29, 1.82) is 0 Å². The molecule has 0 spiro atoms. The zero-order valence-electron chi connectivity index (χ0n) is 11.3. The Labute approximate surface area is 114 Å². The van der Waals surface area contributed by atoms with Gasteiger partial charge in [-0.15, -0.1) is 0 Å². The molecule has 0 saturated heterocycles. The highest BCUT2D eigenvalue weighted by atomic mass is 16.7. The summed E-state index contributed by atoms with van der Waals surface area (Å²) >= 11 is 0. The van der Waals surface area contributed by atoms with Gasteiger partial charge in [0.05, 0.1) is 0 Å². The third-order valence-electron chi connectivity index (χ3n) is 4.48. The van der Waals surface area contributed by atoms with Crippen molar-refractivity contribution in [2.24, 2.45) is 5.92 Å². The molecule has 1 aromatic carbocycles. The van der Waals surface area contributed by atoms with Gasteiger partial charge in [-0.1, -0.05) is 25.3 Å². The van der Waals surface area contributed by atoms with Crippen molar-refractivity contribution >= 4 is 0 Å². The molecule has 1 atom stereocenters. The van der Waals surface area contributed by atoms with Crippen LogP contribution in [0.4, 0.5) is 0 Å². The molecule has 19 heavy (non-hydrogen) atoms. The second-order valence-electron chi connectivity index (χ2n) is 5.63. The quantitative estimate of drug-likeness (QED) is 0.903. The highest BCUT2D eigenvalue weighted by molar-refractivity contribution is 5.45. The molecule has 104 valence electrons. The summed E-state index contributed by atoms with van der Waals surface area (Å²) in [5.74, 6) is 2.87. The number of hydrogen-bond acceptors (Lipinski definition) is 3. The van der Waals surface area contributed by atoms with Crippen molar-refractivity contribution in [2.75, 3.05) is 13.4 Å². The molecule has 0 aromatic heterocycles. The maximum atomic E-state index is 9.37. The van der Waals surface area contributed by atoms with Crippen LogP contribution in [0, 0.1) is 5.92 Å². The number of aliphatic hydroxyl groups excluding tert-OH is 1. The van der Waals surface area contributed by atoms with Crippen molar-refractivity contribution in [1.82, 2.24) is 0 Å². The molecule has 0 bridgehead atoms. The van der Waals surface area contributed by atoms with Gasteiger partial charge in [-0.25, -0.2) is 0 Å². The maximum absolute atomic E-state index is 9.37. The molecule has 1 heterocycles. The van der Waals surface area contributed by atoms with Crippen molar-refractivity contribution in [3.8, 4) is 11.5 Å². The van der Waals surface area contributed by atoms with Crippen LogP contribution in [-0.2, 0) is 0 Å². The summed E-state index contributed by atoms with van der Waals surface area (Å²) in [6.07, 6.45) is 7.46. The predicted molar refractivity (Wildman–Crippen MR) is 73.6 cm³/mol. The van der Waals surface area contributed by atoms with E-state index >= 15 is 0 Å². The van der Waals surface area contributed by atoms with Crippen LogP contribution in [0.25, 0.3) is 0 Å². The molecular formula is C16H22O3. The first-order valence-electron chi connectivity index (χ1n) is 7.39. The SMILES string of the molecule is OCC[C@@H](c1ccc2c(c1)OCO2)C1CCCCC1. The fourth-order valence-corrected chi connectivity index (χ4v) is 3.49. The summed E-state index contributed by atoms with van der Waals surface area (Å²) in [5.41, 5.74) is 1.30. The largest absolute Gasteiger partial charge is 0.454 e. The van der Waals surface area contributed by atoms with E-state index in [1.54, 1.807) is 0 Å². The minimum absolute atomic E-state index is 0.260. The van der Waals surface area contributed by atoms with Crippen LogP contribution in [-0.4, -0.2) is 18.5 Å². The Balaban J connectivity index is 1.82. The summed E-state index contributed by atoms with van der Waals surface area (Å²) in [5, 5.41) is 9.37. The van der Waals surface area contributed by atoms with Gasteiger partial charge in [-0.2, -0.15) is 0 Å². The van der Waals surface area contributed by atoms with E-state index < -0.39 is 0 Å². The molecule has 0 radical (unpaired) electrons. The average molecular weight is 262 g/mol. The highest BCUT2D eigenvalue weighted by Gasteiger charge is 2.26. The van der Waals surface area contributed by atoms with Gasteiger partial charge >= 0.3 is 0 Å². The van der Waals surface area contributed by atoms with Crippen LogP contribution < -0.4 is 9.47 Å². The lowest BCUT2D eigenvalue weighted by molar-refractivity contribution is 0.174. The molecule has 1 aromatic rings. The smallest absolute Gasteiger partial charge is 0.231 e. The molecule has 3 heteroatoms. The molecule has 1 aliphatic heterocycles. The maximum Gasteiger partial charge on any atom is 0.231 e.